The second-order valence-corrected chi connectivity index (χ2v) is 9.62. The van der Waals surface area contributed by atoms with Crippen LogP contribution < -0.4 is 0 Å². The van der Waals surface area contributed by atoms with Gasteiger partial charge in [0.2, 0.25) is 0 Å². The van der Waals surface area contributed by atoms with E-state index in [1.165, 1.54) is 0 Å². The van der Waals surface area contributed by atoms with Crippen LogP contribution in [-0.4, -0.2) is 19.5 Å². The van der Waals surface area contributed by atoms with Gasteiger partial charge in [0, 0.05) is 33.2 Å². The molecule has 0 radical (unpaired) electrons. The Morgan fingerprint density at radius 3 is 1.63 bits per heavy atom. The first-order chi connectivity index (χ1) is 26.3. The fourth-order valence-electron chi connectivity index (χ4n) is 4.98. The molecule has 8 rings (SSSR count). The quantitative estimate of drug-likeness (QED) is 0.210. The van der Waals surface area contributed by atoms with Crippen molar-refractivity contribution in [3.8, 4) is 51.0 Å². The van der Waals surface area contributed by atoms with Gasteiger partial charge in [0.1, 0.15) is 0 Å². The summed E-state index contributed by atoms with van der Waals surface area (Å²) < 4.78 is 106. The van der Waals surface area contributed by atoms with Crippen molar-refractivity contribution in [1.29, 1.82) is 0 Å². The zero-order chi connectivity index (χ0) is 39.0. The molecule has 0 fully saturated rings. The lowest BCUT2D eigenvalue weighted by Crippen LogP contribution is -2.00. The van der Waals surface area contributed by atoms with Gasteiger partial charge in [0.05, 0.1) is 27.5 Å². The van der Waals surface area contributed by atoms with E-state index < -0.39 is 78.2 Å². The van der Waals surface area contributed by atoms with Crippen molar-refractivity contribution >= 4 is 21.8 Å². The molecule has 0 N–H and O–H groups in total. The maximum absolute atomic E-state index is 9.60. The maximum atomic E-state index is 9.60. The molecule has 0 unspecified atom stereocenters. The SMILES string of the molecule is [2H]c1c([2H])c([2H])c(-n2c3c([2H])c([2H])c([2H])c([2H])c3c3c([2H])c(-c4nc(-c5ccccc5)nc(-c5ccc(-c6ccccc6)cc5)n4)c([2H])c([2H])c32)c([2H])c1[2H]. The van der Waals surface area contributed by atoms with Crippen LogP contribution in [0.4, 0.5) is 0 Å². The molecular weight excluding hydrogens is 524 g/mol. The van der Waals surface area contributed by atoms with Crippen LogP contribution in [0.5, 0.6) is 0 Å². The first kappa shape index (κ1) is 15.4. The van der Waals surface area contributed by atoms with Crippen LogP contribution in [0.25, 0.3) is 72.8 Å². The molecule has 6 aromatic carbocycles. The fourth-order valence-corrected chi connectivity index (χ4v) is 4.98. The molecule has 2 aromatic heterocycles. The minimum atomic E-state index is -0.713. The number of aromatic nitrogens is 4. The zero-order valence-electron chi connectivity index (χ0n) is 34.4. The van der Waals surface area contributed by atoms with Crippen molar-refractivity contribution in [2.75, 3.05) is 0 Å². The summed E-state index contributed by atoms with van der Waals surface area (Å²) in [5, 5.41) is -0.443. The Bertz CT molecular complexity index is 2850. The maximum Gasteiger partial charge on any atom is 0.164 e. The highest BCUT2D eigenvalue weighted by Gasteiger charge is 2.16. The van der Waals surface area contributed by atoms with Gasteiger partial charge in [0.25, 0.3) is 0 Å². The molecular formula is C39H26N4. The highest BCUT2D eigenvalue weighted by atomic mass is 15.0. The van der Waals surface area contributed by atoms with E-state index in [2.05, 4.69) is 4.98 Å². The molecule has 0 amide bonds. The lowest BCUT2D eigenvalue weighted by molar-refractivity contribution is 1.07. The smallest absolute Gasteiger partial charge is 0.164 e. The van der Waals surface area contributed by atoms with Gasteiger partial charge in [-0.2, -0.15) is 0 Å². The number of hydrogen-bond donors (Lipinski definition) is 0. The van der Waals surface area contributed by atoms with Gasteiger partial charge in [0.15, 0.2) is 17.5 Å². The minimum Gasteiger partial charge on any atom is -0.309 e. The van der Waals surface area contributed by atoms with Crippen molar-refractivity contribution in [3.63, 3.8) is 0 Å². The van der Waals surface area contributed by atoms with E-state index in [0.29, 0.717) is 11.1 Å². The standard InChI is InChI=1S/C39H26N4/c1-4-12-27(13-5-1)28-20-22-30(23-21-28)38-40-37(29-14-6-2-7-15-29)41-39(42-38)31-24-25-36-34(26-31)33-18-10-11-19-35(33)43(36)32-16-8-3-9-17-32/h1-26H/i3D,8D,9D,10D,11D,16D,17D,18D,19D,24D,25D,26D. The molecule has 4 heteroatoms. The molecule has 0 aliphatic carbocycles. The summed E-state index contributed by atoms with van der Waals surface area (Å²) in [5.41, 5.74) is 1.79. The normalized spacial score (nSPS) is 15.2. The zero-order valence-corrected chi connectivity index (χ0v) is 22.4. The summed E-state index contributed by atoms with van der Waals surface area (Å²) in [4.78, 5) is 14.1. The average Bonchev–Trinajstić information content (AvgIpc) is 3.57. The molecule has 0 atom stereocenters. The van der Waals surface area contributed by atoms with Crippen LogP contribution in [-0.2, 0) is 0 Å². The average molecular weight is 563 g/mol. The van der Waals surface area contributed by atoms with Gasteiger partial charge in [-0.1, -0.05) is 121 Å². The highest BCUT2D eigenvalue weighted by molar-refractivity contribution is 6.10. The van der Waals surface area contributed by atoms with Crippen molar-refractivity contribution in [2.24, 2.45) is 0 Å². The lowest BCUT2D eigenvalue weighted by atomic mass is 10.0. The molecule has 2 heterocycles. The third-order valence-electron chi connectivity index (χ3n) is 7.01. The second-order valence-electron chi connectivity index (χ2n) is 9.62. The van der Waals surface area contributed by atoms with Gasteiger partial charge in [-0.15, -0.1) is 0 Å². The van der Waals surface area contributed by atoms with Crippen LogP contribution in [0.2, 0.25) is 0 Å². The summed E-state index contributed by atoms with van der Waals surface area (Å²) >= 11 is 0. The van der Waals surface area contributed by atoms with Gasteiger partial charge in [-0.3, -0.25) is 0 Å². The van der Waals surface area contributed by atoms with Crippen molar-refractivity contribution in [1.82, 2.24) is 19.5 Å². The molecule has 202 valence electrons. The minimum absolute atomic E-state index is 0.147. The first-order valence-corrected chi connectivity index (χ1v) is 13.4. The fraction of sp³-hybridized carbons (Fsp3) is 0. The van der Waals surface area contributed by atoms with E-state index in [-0.39, 0.29) is 44.8 Å². The molecule has 0 saturated carbocycles. The Morgan fingerprint density at radius 2 is 0.930 bits per heavy atom. The van der Waals surface area contributed by atoms with E-state index in [0.717, 1.165) is 15.7 Å². The Morgan fingerprint density at radius 1 is 0.419 bits per heavy atom. The third kappa shape index (κ3) is 4.55. The Kier molecular flexibility index (Phi) is 3.76. The van der Waals surface area contributed by atoms with Gasteiger partial charge in [-0.05, 0) is 47.4 Å². The van der Waals surface area contributed by atoms with Gasteiger partial charge in [-0.25, -0.2) is 15.0 Å². The number of para-hydroxylation sites is 2. The molecule has 43 heavy (non-hydrogen) atoms. The monoisotopic (exact) mass is 562 g/mol. The summed E-state index contributed by atoms with van der Waals surface area (Å²) in [6.45, 7) is 0. The number of nitrogens with zero attached hydrogens (tertiary/aromatic N) is 4. The Hall–Kier alpha value is -5.87. The van der Waals surface area contributed by atoms with E-state index in [9.17, 15) is 4.11 Å². The van der Waals surface area contributed by atoms with Crippen LogP contribution in [0, 0.1) is 0 Å². The summed E-state index contributed by atoms with van der Waals surface area (Å²) in [6, 6.07) is 18.6. The number of benzene rings is 6. The molecule has 0 aliphatic rings. The second kappa shape index (κ2) is 10.5. The summed E-state index contributed by atoms with van der Waals surface area (Å²) in [6.07, 6.45) is 0. The molecule has 0 bridgehead atoms. The predicted octanol–water partition coefficient (Wildman–Crippen LogP) is 9.64. The van der Waals surface area contributed by atoms with Gasteiger partial charge < -0.3 is 4.57 Å². The molecule has 0 spiro atoms. The third-order valence-corrected chi connectivity index (χ3v) is 7.01. The van der Waals surface area contributed by atoms with Crippen molar-refractivity contribution in [3.05, 3.63) is 157 Å². The first-order valence-electron chi connectivity index (χ1n) is 19.4. The number of rotatable bonds is 5. The predicted molar refractivity (Wildman–Crippen MR) is 176 cm³/mol. The largest absolute Gasteiger partial charge is 0.309 e. The van der Waals surface area contributed by atoms with E-state index in [4.69, 9.17) is 22.3 Å². The number of hydrogen-bond acceptors (Lipinski definition) is 3. The highest BCUT2D eigenvalue weighted by Crippen LogP contribution is 2.35. The van der Waals surface area contributed by atoms with Gasteiger partial charge >= 0.3 is 0 Å². The molecule has 8 aromatic rings. The Labute approximate surface area is 266 Å². The topological polar surface area (TPSA) is 43.6 Å². The molecule has 0 saturated heterocycles. The molecule has 0 aliphatic heterocycles. The van der Waals surface area contributed by atoms with E-state index in [1.807, 2.05) is 60.7 Å². The van der Waals surface area contributed by atoms with Crippen LogP contribution in [0.1, 0.15) is 16.4 Å². The summed E-state index contributed by atoms with van der Waals surface area (Å²) in [5.74, 6) is 0.268. The molecule has 4 nitrogen and oxygen atoms in total. The Balaban J connectivity index is 1.47. The summed E-state index contributed by atoms with van der Waals surface area (Å²) in [7, 11) is 0. The van der Waals surface area contributed by atoms with Crippen LogP contribution in [0.15, 0.2) is 157 Å². The van der Waals surface area contributed by atoms with E-state index >= 15 is 0 Å². The van der Waals surface area contributed by atoms with E-state index in [1.54, 1.807) is 24.3 Å². The van der Waals surface area contributed by atoms with Crippen molar-refractivity contribution in [2.45, 2.75) is 0 Å². The number of fused-ring (bicyclic) bond motifs is 3. The van der Waals surface area contributed by atoms with Crippen LogP contribution in [0.3, 0.4) is 0 Å². The lowest BCUT2D eigenvalue weighted by Gasteiger charge is -2.10. The van der Waals surface area contributed by atoms with Crippen molar-refractivity contribution < 1.29 is 16.4 Å². The van der Waals surface area contributed by atoms with Crippen LogP contribution >= 0.6 is 0 Å².